The van der Waals surface area contributed by atoms with E-state index in [1.807, 2.05) is 66.7 Å². The number of hydrogen-bond acceptors (Lipinski definition) is 4. The largest absolute Gasteiger partial charge is 0.456 e. The summed E-state index contributed by atoms with van der Waals surface area (Å²) in [7, 11) is 0. The van der Waals surface area contributed by atoms with Crippen molar-refractivity contribution in [1.29, 1.82) is 0 Å². The highest BCUT2D eigenvalue weighted by Gasteiger charge is 2.36. The van der Waals surface area contributed by atoms with Crippen LogP contribution in [0.4, 0.5) is 0 Å². The summed E-state index contributed by atoms with van der Waals surface area (Å²) < 4.78 is 13.7. The van der Waals surface area contributed by atoms with Crippen LogP contribution in [0.15, 0.2) is 356 Å². The van der Waals surface area contributed by atoms with Crippen LogP contribution >= 0.6 is 0 Å². The molecule has 15 aromatic carbocycles. The molecule has 1 aliphatic carbocycles. The highest BCUT2D eigenvalue weighted by Crippen LogP contribution is 2.52. The monoisotopic (exact) mass is 1320 g/mol. The van der Waals surface area contributed by atoms with Gasteiger partial charge >= 0.3 is 0 Å². The number of nitrogens with zero attached hydrogens (tertiary/aromatic N) is 6. The van der Waals surface area contributed by atoms with Crippen LogP contribution < -0.4 is 0 Å². The lowest BCUT2D eigenvalue weighted by Gasteiger charge is -2.21. The van der Waals surface area contributed by atoms with Crippen LogP contribution in [0.5, 0.6) is 0 Å². The lowest BCUT2D eigenvalue weighted by atomic mass is 9.82. The second kappa shape index (κ2) is 23.9. The summed E-state index contributed by atoms with van der Waals surface area (Å²) in [4.78, 5) is 14.9. The number of fused-ring (bicyclic) bond motifs is 16. The first-order valence-electron chi connectivity index (χ1n) is 35.2. The number of hydrogen-bond donors (Lipinski definition) is 0. The van der Waals surface area contributed by atoms with Gasteiger partial charge in [-0.15, -0.1) is 0 Å². The lowest BCUT2D eigenvalue weighted by Crippen LogP contribution is -2.14. The van der Waals surface area contributed by atoms with E-state index in [1.54, 1.807) is 0 Å². The summed E-state index contributed by atoms with van der Waals surface area (Å²) in [6, 6.07) is 126. The van der Waals surface area contributed by atoms with Crippen LogP contribution in [0.3, 0.4) is 0 Å². The van der Waals surface area contributed by atoms with Crippen molar-refractivity contribution in [3.63, 3.8) is 0 Å². The molecule has 0 atom stereocenters. The highest BCUT2D eigenvalue weighted by atomic mass is 16.3. The average molecular weight is 1320 g/mol. The molecule has 1 aliphatic rings. The predicted octanol–water partition coefficient (Wildman–Crippen LogP) is 25.1. The van der Waals surface area contributed by atoms with Crippen molar-refractivity contribution in [2.75, 3.05) is 0 Å². The summed E-state index contributed by atoms with van der Waals surface area (Å²) in [6.07, 6.45) is 0. The maximum Gasteiger partial charge on any atom is 0.164 e. The predicted molar refractivity (Wildman–Crippen MR) is 427 cm³/mol. The Morgan fingerprint density at radius 2 is 0.670 bits per heavy atom. The van der Waals surface area contributed by atoms with Crippen LogP contribution in [-0.2, 0) is 5.41 Å². The van der Waals surface area contributed by atoms with Crippen molar-refractivity contribution in [1.82, 2.24) is 28.7 Å². The Morgan fingerprint density at radius 1 is 0.243 bits per heavy atom. The zero-order valence-corrected chi connectivity index (χ0v) is 56.6. The number of para-hydroxylation sites is 3. The van der Waals surface area contributed by atoms with E-state index in [0.29, 0.717) is 17.5 Å². The van der Waals surface area contributed by atoms with Gasteiger partial charge in [-0.25, -0.2) is 15.0 Å². The van der Waals surface area contributed by atoms with Gasteiger partial charge in [-0.3, -0.25) is 0 Å². The minimum absolute atomic E-state index is 0.130. The van der Waals surface area contributed by atoms with E-state index in [4.69, 9.17) is 19.4 Å². The van der Waals surface area contributed by atoms with Gasteiger partial charge in [-0.1, -0.05) is 250 Å². The molecule has 0 N–H and O–H groups in total. The second-order valence-corrected chi connectivity index (χ2v) is 27.4. The fourth-order valence-electron chi connectivity index (χ4n) is 16.2. The Labute approximate surface area is 594 Å². The molecule has 0 bridgehead atoms. The van der Waals surface area contributed by atoms with E-state index in [0.717, 1.165) is 61.2 Å². The molecule has 0 spiro atoms. The lowest BCUT2D eigenvalue weighted by molar-refractivity contribution is 0.661. The smallest absolute Gasteiger partial charge is 0.164 e. The molecule has 0 unspecified atom stereocenters. The van der Waals surface area contributed by atoms with Crippen molar-refractivity contribution in [3.05, 3.63) is 363 Å². The Balaban J connectivity index is 0.000000138. The zero-order chi connectivity index (χ0) is 68.3. The van der Waals surface area contributed by atoms with Gasteiger partial charge in [0.2, 0.25) is 0 Å². The molecule has 20 aromatic rings. The molecule has 5 heterocycles. The Hall–Kier alpha value is -13.5. The van der Waals surface area contributed by atoms with Crippen molar-refractivity contribution < 1.29 is 4.42 Å². The minimum atomic E-state index is -0.130. The first kappa shape index (κ1) is 59.6. The van der Waals surface area contributed by atoms with E-state index in [9.17, 15) is 0 Å². The van der Waals surface area contributed by atoms with E-state index in [-0.39, 0.29) is 5.41 Å². The molecular weight excluding hydrogens is 1250 g/mol. The Bertz CT molecular complexity index is 6670. The molecule has 21 rings (SSSR count). The number of benzene rings is 15. The molecule has 7 nitrogen and oxygen atoms in total. The molecule has 7 heteroatoms. The first-order valence-corrected chi connectivity index (χ1v) is 35.2. The number of furan rings is 1. The zero-order valence-electron chi connectivity index (χ0n) is 56.6. The standard InChI is InChI=1S/C48H32N4O.C48H32N2/c1-48(2)38-19-11-9-17-33(38)36-27-37-34-25-26-42-43(35-18-10-12-20-41(35)53-42)44(34)52(40(37)28-39(36)48)32-23-21-31(22-24-32)47-50-45(29-13-5-3-6-14-29)49-46(51-47)30-15-7-4-8-16-30;1-3-12-33(13-4-1)35-22-26-39(27-23-35)49-45-20-9-7-18-41(45)43-31-37(24-28-47(43)49)38-25-29-48-44(32-38)42-19-8-10-21-46(42)50(48)40-17-11-16-36(30-40)34-14-5-2-6-15-34/h3-28H,1-2H3;1-32H. The van der Waals surface area contributed by atoms with Gasteiger partial charge in [0.25, 0.3) is 0 Å². The summed E-state index contributed by atoms with van der Waals surface area (Å²) in [5.74, 6) is 1.92. The second-order valence-electron chi connectivity index (χ2n) is 27.4. The summed E-state index contributed by atoms with van der Waals surface area (Å²) in [5, 5.41) is 9.67. The van der Waals surface area contributed by atoms with E-state index in [1.165, 1.54) is 116 Å². The van der Waals surface area contributed by atoms with E-state index >= 15 is 0 Å². The summed E-state index contributed by atoms with van der Waals surface area (Å²) >= 11 is 0. The van der Waals surface area contributed by atoms with Crippen molar-refractivity contribution >= 4 is 87.4 Å². The minimum Gasteiger partial charge on any atom is -0.456 e. The van der Waals surface area contributed by atoms with Crippen molar-refractivity contribution in [2.24, 2.45) is 0 Å². The van der Waals surface area contributed by atoms with Crippen molar-refractivity contribution in [2.45, 2.75) is 19.3 Å². The Morgan fingerprint density at radius 3 is 1.27 bits per heavy atom. The van der Waals surface area contributed by atoms with Gasteiger partial charge < -0.3 is 18.1 Å². The molecular formula is C96H64N6O. The first-order chi connectivity index (χ1) is 50.8. The molecule has 103 heavy (non-hydrogen) atoms. The average Bonchev–Trinajstić information content (AvgIpc) is 1.52. The SMILES string of the molecule is CC1(C)c2ccccc2-c2cc3c4ccc5oc6ccccc6c5c4n(-c4ccc(-c5nc(-c6ccccc6)nc(-c6ccccc6)n5)cc4)c3cc21.c1ccc(-c2ccc(-n3c4ccccc4c4cc(-c5ccc6c(c5)c5ccccc5n6-c5cccc(-c6ccccc6)c5)ccc43)cc2)cc1. The number of rotatable bonds is 9. The van der Waals surface area contributed by atoms with Crippen molar-refractivity contribution in [3.8, 4) is 95.7 Å². The van der Waals surface area contributed by atoms with Crippen LogP contribution in [0.25, 0.3) is 183 Å². The van der Waals surface area contributed by atoms with E-state index in [2.05, 4.69) is 313 Å². The molecule has 0 amide bonds. The molecule has 484 valence electrons. The molecule has 5 aromatic heterocycles. The van der Waals surface area contributed by atoms with Gasteiger partial charge in [0.05, 0.1) is 38.5 Å². The topological polar surface area (TPSA) is 66.6 Å². The molecule has 0 fully saturated rings. The molecule has 0 saturated heterocycles. The molecule has 0 saturated carbocycles. The fraction of sp³-hybridized carbons (Fsp3) is 0.0312. The van der Waals surface area contributed by atoms with Crippen LogP contribution in [0.2, 0.25) is 0 Å². The maximum atomic E-state index is 6.44. The highest BCUT2D eigenvalue weighted by molar-refractivity contribution is 6.25. The number of aromatic nitrogens is 6. The third-order valence-electron chi connectivity index (χ3n) is 21.2. The molecule has 0 radical (unpaired) electrons. The normalized spacial score (nSPS) is 12.4. The van der Waals surface area contributed by atoms with Crippen LogP contribution in [0.1, 0.15) is 25.0 Å². The maximum absolute atomic E-state index is 6.44. The quantitative estimate of drug-likeness (QED) is 0.144. The van der Waals surface area contributed by atoms with Gasteiger partial charge in [0.1, 0.15) is 11.2 Å². The van der Waals surface area contributed by atoms with Gasteiger partial charge in [0, 0.05) is 76.9 Å². The third-order valence-corrected chi connectivity index (χ3v) is 21.2. The Kier molecular flexibility index (Phi) is 13.8. The molecule has 0 aliphatic heterocycles. The fourth-order valence-corrected chi connectivity index (χ4v) is 16.2. The van der Waals surface area contributed by atoms with E-state index < -0.39 is 0 Å². The van der Waals surface area contributed by atoms with Crippen LogP contribution in [0, 0.1) is 0 Å². The van der Waals surface area contributed by atoms with Gasteiger partial charge in [-0.05, 0) is 171 Å². The third kappa shape index (κ3) is 9.84. The summed E-state index contributed by atoms with van der Waals surface area (Å²) in [5.41, 5.74) is 27.6. The van der Waals surface area contributed by atoms with Gasteiger partial charge in [0.15, 0.2) is 17.5 Å². The summed E-state index contributed by atoms with van der Waals surface area (Å²) in [6.45, 7) is 4.68. The van der Waals surface area contributed by atoms with Crippen LogP contribution in [-0.4, -0.2) is 28.7 Å². The van der Waals surface area contributed by atoms with Gasteiger partial charge in [-0.2, -0.15) is 0 Å².